The van der Waals surface area contributed by atoms with Crippen LogP contribution in [0.3, 0.4) is 0 Å². The predicted molar refractivity (Wildman–Crippen MR) is 119 cm³/mol. The van der Waals surface area contributed by atoms with Crippen molar-refractivity contribution in [3.8, 4) is 5.75 Å². The van der Waals surface area contributed by atoms with Crippen LogP contribution >= 0.6 is 23.2 Å². The molecular formula is C21H15Cl2F3N2O4S. The van der Waals surface area contributed by atoms with E-state index in [1.807, 2.05) is 0 Å². The molecule has 0 saturated carbocycles. The Morgan fingerprint density at radius 3 is 2.06 bits per heavy atom. The molecule has 0 aromatic heterocycles. The molecule has 3 rings (SSSR count). The Hall–Kier alpha value is -2.95. The van der Waals surface area contributed by atoms with Crippen LogP contribution in [0.25, 0.3) is 0 Å². The third kappa shape index (κ3) is 6.77. The van der Waals surface area contributed by atoms with Crippen LogP contribution in [-0.4, -0.2) is 20.9 Å². The first kappa shape index (κ1) is 24.7. The number of hydrogen-bond acceptors (Lipinski definition) is 4. The summed E-state index contributed by atoms with van der Waals surface area (Å²) in [4.78, 5) is 11.9. The number of hydrogen-bond donors (Lipinski definition) is 2. The second-order valence-corrected chi connectivity index (χ2v) is 9.11. The van der Waals surface area contributed by atoms with Crippen LogP contribution in [0.2, 0.25) is 10.0 Å². The molecule has 0 aliphatic heterocycles. The fourth-order valence-electron chi connectivity index (χ4n) is 2.58. The van der Waals surface area contributed by atoms with Gasteiger partial charge in [-0.1, -0.05) is 23.2 Å². The number of rotatable bonds is 7. The lowest BCUT2D eigenvalue weighted by molar-refractivity contribution is -0.137. The molecule has 6 nitrogen and oxygen atoms in total. The Labute approximate surface area is 197 Å². The van der Waals surface area contributed by atoms with Gasteiger partial charge in [-0.2, -0.15) is 13.2 Å². The molecule has 0 bridgehead atoms. The zero-order valence-corrected chi connectivity index (χ0v) is 18.8. The molecule has 0 aliphatic carbocycles. The number of anilines is 2. The molecule has 174 valence electrons. The van der Waals surface area contributed by atoms with Gasteiger partial charge in [-0.25, -0.2) is 8.42 Å². The number of amides is 1. The van der Waals surface area contributed by atoms with E-state index in [0.717, 1.165) is 24.3 Å². The van der Waals surface area contributed by atoms with Gasteiger partial charge in [0.1, 0.15) is 5.75 Å². The first-order valence-electron chi connectivity index (χ1n) is 9.12. The topological polar surface area (TPSA) is 84.5 Å². The second-order valence-electron chi connectivity index (χ2n) is 6.62. The molecule has 2 N–H and O–H groups in total. The highest BCUT2D eigenvalue weighted by atomic mass is 35.5. The maximum atomic E-state index is 12.6. The number of nitrogens with one attached hydrogen (secondary N) is 2. The maximum Gasteiger partial charge on any atom is 0.416 e. The number of benzene rings is 3. The Balaban J connectivity index is 1.56. The van der Waals surface area contributed by atoms with E-state index in [9.17, 15) is 26.4 Å². The second kappa shape index (κ2) is 9.90. The number of carbonyl (C=O) groups is 1. The minimum absolute atomic E-state index is 0.0601. The lowest BCUT2D eigenvalue weighted by Crippen LogP contribution is -2.20. The predicted octanol–water partition coefficient (Wildman–Crippen LogP) is 5.83. The zero-order valence-electron chi connectivity index (χ0n) is 16.5. The van der Waals surface area contributed by atoms with Crippen molar-refractivity contribution in [1.29, 1.82) is 0 Å². The quantitative estimate of drug-likeness (QED) is 0.412. The summed E-state index contributed by atoms with van der Waals surface area (Å²) in [5, 5.41) is 2.88. The average molecular weight is 519 g/mol. The average Bonchev–Trinajstić information content (AvgIpc) is 2.75. The van der Waals surface area contributed by atoms with Crippen molar-refractivity contribution in [3.05, 3.63) is 82.3 Å². The highest BCUT2D eigenvalue weighted by molar-refractivity contribution is 7.92. The van der Waals surface area contributed by atoms with Gasteiger partial charge >= 0.3 is 6.18 Å². The van der Waals surface area contributed by atoms with Crippen LogP contribution in [-0.2, 0) is 21.0 Å². The molecule has 0 fully saturated rings. The van der Waals surface area contributed by atoms with Gasteiger partial charge in [-0.05, 0) is 66.7 Å². The van der Waals surface area contributed by atoms with Gasteiger partial charge in [-0.3, -0.25) is 9.52 Å². The van der Waals surface area contributed by atoms with E-state index in [2.05, 4.69) is 10.0 Å². The van der Waals surface area contributed by atoms with E-state index in [4.69, 9.17) is 27.9 Å². The van der Waals surface area contributed by atoms with Crippen LogP contribution in [0.4, 0.5) is 24.5 Å². The fourth-order valence-corrected chi connectivity index (χ4v) is 3.92. The molecule has 0 saturated heterocycles. The van der Waals surface area contributed by atoms with Crippen molar-refractivity contribution in [1.82, 2.24) is 0 Å². The summed E-state index contributed by atoms with van der Waals surface area (Å²) in [6, 6.07) is 13.5. The molecule has 0 aliphatic rings. The van der Waals surface area contributed by atoms with Crippen LogP contribution < -0.4 is 14.8 Å². The first-order valence-corrected chi connectivity index (χ1v) is 11.4. The van der Waals surface area contributed by atoms with Crippen molar-refractivity contribution in [2.75, 3.05) is 16.6 Å². The maximum absolute atomic E-state index is 12.6. The largest absolute Gasteiger partial charge is 0.484 e. The van der Waals surface area contributed by atoms with Gasteiger partial charge in [0, 0.05) is 5.69 Å². The summed E-state index contributed by atoms with van der Waals surface area (Å²) >= 11 is 11.7. The highest BCUT2D eigenvalue weighted by Gasteiger charge is 2.30. The van der Waals surface area contributed by atoms with Crippen molar-refractivity contribution < 1.29 is 31.1 Å². The van der Waals surface area contributed by atoms with Crippen molar-refractivity contribution in [3.63, 3.8) is 0 Å². The number of sulfonamides is 1. The Morgan fingerprint density at radius 2 is 1.48 bits per heavy atom. The SMILES string of the molecule is O=C(COc1ccc(S(=O)(=O)Nc2ccc(Cl)c(Cl)c2)cc1)Nc1ccc(C(F)(F)F)cc1. The van der Waals surface area contributed by atoms with E-state index < -0.39 is 34.3 Å². The van der Waals surface area contributed by atoms with Crippen molar-refractivity contribution >= 4 is 50.5 Å². The van der Waals surface area contributed by atoms with E-state index in [0.29, 0.717) is 0 Å². The molecule has 0 atom stereocenters. The summed E-state index contributed by atoms with van der Waals surface area (Å²) in [6.07, 6.45) is -4.47. The fraction of sp³-hybridized carbons (Fsp3) is 0.0952. The molecule has 33 heavy (non-hydrogen) atoms. The van der Waals surface area contributed by atoms with E-state index in [1.165, 1.54) is 42.5 Å². The van der Waals surface area contributed by atoms with Gasteiger partial charge in [0.25, 0.3) is 15.9 Å². The van der Waals surface area contributed by atoms with Gasteiger partial charge in [0.05, 0.1) is 26.2 Å². The minimum atomic E-state index is -4.47. The molecule has 1 amide bonds. The van der Waals surface area contributed by atoms with E-state index in [-0.39, 0.29) is 32.1 Å². The Bertz CT molecular complexity index is 1250. The van der Waals surface area contributed by atoms with Crippen LogP contribution in [0.15, 0.2) is 71.6 Å². The summed E-state index contributed by atoms with van der Waals surface area (Å²) in [5.41, 5.74) is -0.434. The monoisotopic (exact) mass is 518 g/mol. The summed E-state index contributed by atoms with van der Waals surface area (Å²) in [7, 11) is -3.91. The Kier molecular flexibility index (Phi) is 7.41. The van der Waals surface area contributed by atoms with Crippen LogP contribution in [0.5, 0.6) is 5.75 Å². The molecular weight excluding hydrogens is 504 g/mol. The molecule has 12 heteroatoms. The molecule has 0 heterocycles. The van der Waals surface area contributed by atoms with Crippen LogP contribution in [0, 0.1) is 0 Å². The number of carbonyl (C=O) groups excluding carboxylic acids is 1. The van der Waals surface area contributed by atoms with Gasteiger partial charge in [-0.15, -0.1) is 0 Å². The molecule has 0 radical (unpaired) electrons. The molecule has 3 aromatic rings. The van der Waals surface area contributed by atoms with Gasteiger partial charge in [0.15, 0.2) is 6.61 Å². The van der Waals surface area contributed by atoms with Crippen molar-refractivity contribution in [2.45, 2.75) is 11.1 Å². The van der Waals surface area contributed by atoms with E-state index >= 15 is 0 Å². The van der Waals surface area contributed by atoms with Crippen molar-refractivity contribution in [2.24, 2.45) is 0 Å². The summed E-state index contributed by atoms with van der Waals surface area (Å²) < 4.78 is 70.4. The molecule has 3 aromatic carbocycles. The third-order valence-corrected chi connectivity index (χ3v) is 6.31. The van der Waals surface area contributed by atoms with Crippen LogP contribution in [0.1, 0.15) is 5.56 Å². The number of halogens is 5. The zero-order chi connectivity index (χ0) is 24.2. The number of ether oxygens (including phenoxy) is 1. The molecule has 0 unspecified atom stereocenters. The molecule has 0 spiro atoms. The highest BCUT2D eigenvalue weighted by Crippen LogP contribution is 2.30. The van der Waals surface area contributed by atoms with Gasteiger partial charge in [0.2, 0.25) is 0 Å². The standard InChI is InChI=1S/C21H15Cl2F3N2O4S/c22-18-10-5-15(11-19(18)23)28-33(30,31)17-8-6-16(7-9-17)32-12-20(29)27-14-3-1-13(2-4-14)21(24,25)26/h1-11,28H,12H2,(H,27,29). The number of alkyl halides is 3. The third-order valence-electron chi connectivity index (χ3n) is 4.17. The first-order chi connectivity index (χ1) is 15.4. The lowest BCUT2D eigenvalue weighted by atomic mass is 10.2. The lowest BCUT2D eigenvalue weighted by Gasteiger charge is -2.11. The minimum Gasteiger partial charge on any atom is -0.484 e. The smallest absolute Gasteiger partial charge is 0.416 e. The van der Waals surface area contributed by atoms with Gasteiger partial charge < -0.3 is 10.1 Å². The summed E-state index contributed by atoms with van der Waals surface area (Å²) in [6.45, 7) is -0.436. The van der Waals surface area contributed by atoms with E-state index in [1.54, 1.807) is 0 Å². The normalized spacial score (nSPS) is 11.7. The summed E-state index contributed by atoms with van der Waals surface area (Å²) in [5.74, 6) is -0.390. The Morgan fingerprint density at radius 1 is 0.879 bits per heavy atom.